The zero-order chi connectivity index (χ0) is 30.1. The van der Waals surface area contributed by atoms with Crippen LogP contribution in [0.4, 0.5) is 0 Å². The molecular formula is C31H46N2O9. The van der Waals surface area contributed by atoms with Crippen molar-refractivity contribution in [3.63, 3.8) is 0 Å². The summed E-state index contributed by atoms with van der Waals surface area (Å²) in [6.45, 7) is 6.99. The Bertz CT molecular complexity index is 1060. The van der Waals surface area contributed by atoms with Crippen molar-refractivity contribution < 1.29 is 42.8 Å². The Hall–Kier alpha value is -2.92. The van der Waals surface area contributed by atoms with Gasteiger partial charge in [-0.2, -0.15) is 0 Å². The summed E-state index contributed by atoms with van der Waals surface area (Å²) in [4.78, 5) is 42.7. The van der Waals surface area contributed by atoms with Gasteiger partial charge in [-0.05, 0) is 69.6 Å². The van der Waals surface area contributed by atoms with Gasteiger partial charge in [-0.3, -0.25) is 9.59 Å². The lowest BCUT2D eigenvalue weighted by Crippen LogP contribution is -2.44. The molecule has 2 aliphatic carbocycles. The van der Waals surface area contributed by atoms with Crippen LogP contribution in [0.15, 0.2) is 12.3 Å². The fourth-order valence-electron chi connectivity index (χ4n) is 5.03. The Kier molecular flexibility index (Phi) is 11.8. The van der Waals surface area contributed by atoms with Crippen LogP contribution in [0.2, 0.25) is 0 Å². The van der Waals surface area contributed by atoms with E-state index < -0.39 is 36.8 Å². The summed E-state index contributed by atoms with van der Waals surface area (Å²) in [5.41, 5.74) is -0.0907. The highest BCUT2D eigenvalue weighted by atomic mass is 16.7. The quantitative estimate of drug-likeness (QED) is 0.181. The second-order valence-electron chi connectivity index (χ2n) is 12.0. The van der Waals surface area contributed by atoms with Gasteiger partial charge < -0.3 is 33.7 Å². The van der Waals surface area contributed by atoms with Crippen molar-refractivity contribution >= 4 is 17.8 Å². The van der Waals surface area contributed by atoms with Crippen molar-refractivity contribution in [2.75, 3.05) is 33.7 Å². The molecule has 0 aromatic carbocycles. The molecular weight excluding hydrogens is 544 g/mol. The predicted octanol–water partition coefficient (Wildman–Crippen LogP) is 4.07. The lowest BCUT2D eigenvalue weighted by Gasteiger charge is -2.31. The largest absolute Gasteiger partial charge is 0.493 e. The molecule has 0 radical (unpaired) electrons. The Balaban J connectivity index is 1.41. The number of pyridine rings is 1. The van der Waals surface area contributed by atoms with Crippen LogP contribution in [0.5, 0.6) is 11.5 Å². The number of carbonyl (C=O) groups is 3. The van der Waals surface area contributed by atoms with Gasteiger partial charge >= 0.3 is 11.9 Å². The topological polar surface area (TPSA) is 132 Å². The number of cyclic esters (lactones) is 1. The summed E-state index contributed by atoms with van der Waals surface area (Å²) >= 11 is 0. The molecule has 4 unspecified atom stereocenters. The smallest absolute Gasteiger partial charge is 0.329 e. The minimum atomic E-state index is -0.881. The second-order valence-corrected chi connectivity index (χ2v) is 12.0. The maximum absolute atomic E-state index is 13.4. The van der Waals surface area contributed by atoms with Crippen LogP contribution in [0.25, 0.3) is 0 Å². The fraction of sp³-hybridized carbons (Fsp3) is 0.742. The molecule has 4 rings (SSSR count). The normalized spacial score (nSPS) is 24.6. The highest BCUT2D eigenvalue weighted by Gasteiger charge is 2.37. The summed E-state index contributed by atoms with van der Waals surface area (Å²) < 4.78 is 34.3. The van der Waals surface area contributed by atoms with Crippen LogP contribution in [0.1, 0.15) is 82.6 Å². The van der Waals surface area contributed by atoms with Crippen LogP contribution >= 0.6 is 0 Å². The molecule has 11 heteroatoms. The number of ether oxygens (including phenoxy) is 6. The molecule has 42 heavy (non-hydrogen) atoms. The number of nitrogens with zero attached hydrogens (tertiary/aromatic N) is 1. The molecule has 2 heterocycles. The maximum atomic E-state index is 13.4. The second kappa shape index (κ2) is 15.5. The average Bonchev–Trinajstić information content (AvgIpc) is 3.90. The van der Waals surface area contributed by atoms with Gasteiger partial charge in [0.15, 0.2) is 17.2 Å². The number of carbonyl (C=O) groups excluding carboxylic acids is 3. The molecule has 4 atom stereocenters. The monoisotopic (exact) mass is 590 g/mol. The van der Waals surface area contributed by atoms with Crippen molar-refractivity contribution in [2.45, 2.75) is 90.4 Å². The zero-order valence-corrected chi connectivity index (χ0v) is 25.3. The first kappa shape index (κ1) is 32.0. The Morgan fingerprint density at radius 3 is 2.52 bits per heavy atom. The first-order valence-corrected chi connectivity index (χ1v) is 15.3. The molecule has 1 N–H and O–H groups in total. The van der Waals surface area contributed by atoms with Crippen LogP contribution in [0.3, 0.4) is 0 Å². The number of rotatable bonds is 15. The van der Waals surface area contributed by atoms with Crippen molar-refractivity contribution in [3.8, 4) is 11.5 Å². The molecule has 1 saturated heterocycles. The van der Waals surface area contributed by atoms with E-state index in [4.69, 9.17) is 28.4 Å². The number of aromatic nitrogens is 1. The summed E-state index contributed by atoms with van der Waals surface area (Å²) in [5, 5.41) is 2.79. The number of hydrogen-bond acceptors (Lipinski definition) is 10. The third-order valence-electron chi connectivity index (χ3n) is 7.97. The van der Waals surface area contributed by atoms with Gasteiger partial charge in [0.2, 0.25) is 6.79 Å². The van der Waals surface area contributed by atoms with Crippen LogP contribution in [-0.2, 0) is 28.5 Å². The molecule has 0 bridgehead atoms. The van der Waals surface area contributed by atoms with Gasteiger partial charge in [-0.15, -0.1) is 0 Å². The number of hydrogen-bond donors (Lipinski definition) is 1. The van der Waals surface area contributed by atoms with Gasteiger partial charge in [0.05, 0.1) is 19.1 Å². The molecule has 2 saturated carbocycles. The van der Waals surface area contributed by atoms with Gasteiger partial charge in [-0.1, -0.05) is 20.3 Å². The minimum Gasteiger partial charge on any atom is -0.493 e. The van der Waals surface area contributed by atoms with Crippen molar-refractivity contribution in [3.05, 3.63) is 18.0 Å². The summed E-state index contributed by atoms with van der Waals surface area (Å²) in [5.74, 6) is -0.207. The first-order valence-electron chi connectivity index (χ1n) is 15.3. The van der Waals surface area contributed by atoms with E-state index in [9.17, 15) is 14.4 Å². The highest BCUT2D eigenvalue weighted by Crippen LogP contribution is 2.34. The van der Waals surface area contributed by atoms with E-state index in [1.54, 1.807) is 13.8 Å². The molecule has 1 aliphatic heterocycles. The Labute approximate surface area is 248 Å². The van der Waals surface area contributed by atoms with E-state index in [1.807, 2.05) is 6.92 Å². The predicted molar refractivity (Wildman–Crippen MR) is 152 cm³/mol. The van der Waals surface area contributed by atoms with Crippen LogP contribution < -0.4 is 14.8 Å². The van der Waals surface area contributed by atoms with E-state index in [2.05, 4.69) is 10.3 Å². The molecule has 0 spiro atoms. The van der Waals surface area contributed by atoms with Gasteiger partial charge in [0.1, 0.15) is 12.1 Å². The van der Waals surface area contributed by atoms with Crippen LogP contribution in [0, 0.1) is 23.7 Å². The molecule has 11 nitrogen and oxygen atoms in total. The minimum absolute atomic E-state index is 0.0126. The van der Waals surface area contributed by atoms with Crippen LogP contribution in [-0.4, -0.2) is 74.8 Å². The molecule has 3 fully saturated rings. The third kappa shape index (κ3) is 9.55. The average molecular weight is 591 g/mol. The maximum Gasteiger partial charge on any atom is 0.329 e. The third-order valence-corrected chi connectivity index (χ3v) is 7.97. The van der Waals surface area contributed by atoms with E-state index >= 15 is 0 Å². The van der Waals surface area contributed by atoms with Gasteiger partial charge in [0.25, 0.3) is 5.91 Å². The molecule has 3 aliphatic rings. The highest BCUT2D eigenvalue weighted by molar-refractivity contribution is 5.98. The Morgan fingerprint density at radius 2 is 1.83 bits per heavy atom. The lowest BCUT2D eigenvalue weighted by atomic mass is 9.89. The lowest BCUT2D eigenvalue weighted by molar-refractivity contribution is -0.161. The van der Waals surface area contributed by atoms with Gasteiger partial charge in [-0.25, -0.2) is 9.78 Å². The van der Waals surface area contributed by atoms with Crippen molar-refractivity contribution in [2.24, 2.45) is 23.7 Å². The first-order chi connectivity index (χ1) is 20.3. The number of nitrogens with one attached hydrogen (secondary N) is 1. The molecule has 1 aromatic heterocycles. The van der Waals surface area contributed by atoms with E-state index in [0.717, 1.165) is 19.4 Å². The van der Waals surface area contributed by atoms with E-state index in [1.165, 1.54) is 45.1 Å². The molecule has 1 amide bonds. The summed E-state index contributed by atoms with van der Waals surface area (Å²) in [6, 6.07) is 0.649. The summed E-state index contributed by atoms with van der Waals surface area (Å²) in [6.07, 6.45) is 8.29. The van der Waals surface area contributed by atoms with Crippen molar-refractivity contribution in [1.82, 2.24) is 10.3 Å². The van der Waals surface area contributed by atoms with E-state index in [-0.39, 0.29) is 35.1 Å². The zero-order valence-electron chi connectivity index (χ0n) is 25.3. The standard InChI is InChI=1S/C31H46N2O9/c1-19(2)30(35)41-18-40-28-25(37-4)12-14-32-26(28)29(34)33-24-7-5-6-23(13-15-38-16-21-8-9-21)27(20(3)42-31(24)36)39-17-22-10-11-22/h12,14,19-24,27H,5-11,13,15-18H2,1-4H3,(H,33,34). The number of amides is 1. The SMILES string of the molecule is COc1ccnc(C(=O)NC2CCCC(CCOCC3CC3)C(OCC3CC3)C(C)OC2=O)c1OCOC(=O)C(C)C. The molecule has 234 valence electrons. The Morgan fingerprint density at radius 1 is 1.10 bits per heavy atom. The van der Waals surface area contributed by atoms with E-state index in [0.29, 0.717) is 37.9 Å². The fourth-order valence-corrected chi connectivity index (χ4v) is 5.03. The number of methoxy groups -OCH3 is 1. The summed E-state index contributed by atoms with van der Waals surface area (Å²) in [7, 11) is 1.43. The molecule has 1 aromatic rings. The number of esters is 2. The van der Waals surface area contributed by atoms with Crippen molar-refractivity contribution in [1.29, 1.82) is 0 Å². The van der Waals surface area contributed by atoms with Gasteiger partial charge in [0, 0.05) is 32.1 Å².